The maximum Gasteiger partial charge on any atom is 0.189 e. The number of carbonyl (C=O) groups is 1. The van der Waals surface area contributed by atoms with Crippen LogP contribution in [0.1, 0.15) is 6.92 Å². The van der Waals surface area contributed by atoms with Gasteiger partial charge in [0.05, 0.1) is 11.3 Å². The Morgan fingerprint density at radius 2 is 2.05 bits per heavy atom. The van der Waals surface area contributed by atoms with Crippen molar-refractivity contribution in [2.75, 3.05) is 5.75 Å². The molecule has 1 aromatic carbocycles. The number of ketones is 1. The van der Waals surface area contributed by atoms with E-state index in [0.717, 1.165) is 16.6 Å². The minimum absolute atomic E-state index is 0.108. The summed E-state index contributed by atoms with van der Waals surface area (Å²) in [5.74, 6) is 1.11. The van der Waals surface area contributed by atoms with E-state index in [2.05, 4.69) is 20.2 Å². The minimum Gasteiger partial charge on any atom is -0.315 e. The van der Waals surface area contributed by atoms with Gasteiger partial charge in [-0.15, -0.1) is 10.2 Å². The normalized spacial score (nSPS) is 10.8. The molecule has 0 amide bonds. The number of fused-ring (bicyclic) bond motifs is 1. The van der Waals surface area contributed by atoms with Crippen LogP contribution >= 0.6 is 11.8 Å². The van der Waals surface area contributed by atoms with Crippen molar-refractivity contribution in [1.82, 2.24) is 20.2 Å². The molecule has 0 atom stereocenters. The number of aromatic nitrogens is 4. The summed E-state index contributed by atoms with van der Waals surface area (Å²) in [6.07, 6.45) is 0. The van der Waals surface area contributed by atoms with Crippen LogP contribution in [0.25, 0.3) is 22.4 Å². The molecule has 2 aromatic heterocycles. The van der Waals surface area contributed by atoms with Crippen LogP contribution in [0.4, 0.5) is 0 Å². The van der Waals surface area contributed by atoms with E-state index in [9.17, 15) is 4.79 Å². The van der Waals surface area contributed by atoms with Gasteiger partial charge in [0.2, 0.25) is 0 Å². The first kappa shape index (κ1) is 12.8. The second-order valence-corrected chi connectivity index (χ2v) is 5.32. The standard InChI is InChI=1S/C14H12N4OS/c1-9(19)8-20-14-16-13(17-18-14)12-7-6-10-4-2-3-5-11(10)15-12/h2-7H,8H2,1H3,(H,16,17,18). The summed E-state index contributed by atoms with van der Waals surface area (Å²) < 4.78 is 0. The SMILES string of the molecule is CC(=O)CSc1nnc(-c2ccc3ccccc3n2)[nH]1. The molecule has 0 unspecified atom stereocenters. The zero-order valence-corrected chi connectivity index (χ0v) is 11.6. The number of pyridine rings is 1. The predicted octanol–water partition coefficient (Wildman–Crippen LogP) is 2.70. The van der Waals surface area contributed by atoms with Crippen LogP contribution in [-0.4, -0.2) is 31.7 Å². The van der Waals surface area contributed by atoms with E-state index in [1.54, 1.807) is 6.92 Å². The average Bonchev–Trinajstić information content (AvgIpc) is 2.93. The lowest BCUT2D eigenvalue weighted by atomic mass is 10.2. The fourth-order valence-electron chi connectivity index (χ4n) is 1.79. The highest BCUT2D eigenvalue weighted by molar-refractivity contribution is 7.99. The number of H-pyrrole nitrogens is 1. The van der Waals surface area contributed by atoms with Gasteiger partial charge in [-0.25, -0.2) is 4.98 Å². The molecule has 20 heavy (non-hydrogen) atoms. The number of hydrogen-bond acceptors (Lipinski definition) is 5. The molecule has 0 saturated carbocycles. The quantitative estimate of drug-likeness (QED) is 0.746. The second-order valence-electron chi connectivity index (χ2n) is 4.36. The Balaban J connectivity index is 1.89. The van der Waals surface area contributed by atoms with Gasteiger partial charge in [0.25, 0.3) is 0 Å². The number of carbonyl (C=O) groups excluding carboxylic acids is 1. The van der Waals surface area contributed by atoms with Crippen LogP contribution in [0, 0.1) is 0 Å². The first-order valence-electron chi connectivity index (χ1n) is 6.13. The molecular weight excluding hydrogens is 272 g/mol. The van der Waals surface area contributed by atoms with Crippen LogP contribution in [0.3, 0.4) is 0 Å². The Hall–Kier alpha value is -2.21. The molecule has 0 fully saturated rings. The molecule has 3 aromatic rings. The molecule has 0 spiro atoms. The maximum atomic E-state index is 10.9. The number of Topliss-reactive ketones (excluding diaryl/α,β-unsaturated/α-hetero) is 1. The van der Waals surface area contributed by atoms with Crippen LogP contribution in [0.5, 0.6) is 0 Å². The van der Waals surface area contributed by atoms with E-state index in [1.165, 1.54) is 11.8 Å². The van der Waals surface area contributed by atoms with Crippen LogP contribution in [-0.2, 0) is 4.79 Å². The lowest BCUT2D eigenvalue weighted by Crippen LogP contribution is -1.93. The summed E-state index contributed by atoms with van der Waals surface area (Å²) in [5.41, 5.74) is 1.66. The highest BCUT2D eigenvalue weighted by Crippen LogP contribution is 2.20. The van der Waals surface area contributed by atoms with Gasteiger partial charge in [-0.05, 0) is 19.1 Å². The molecule has 0 aliphatic rings. The van der Waals surface area contributed by atoms with Gasteiger partial charge in [0.15, 0.2) is 11.0 Å². The van der Waals surface area contributed by atoms with E-state index in [1.807, 2.05) is 36.4 Å². The highest BCUT2D eigenvalue weighted by Gasteiger charge is 2.08. The van der Waals surface area contributed by atoms with Crippen molar-refractivity contribution >= 4 is 28.4 Å². The molecule has 1 N–H and O–H groups in total. The third-order valence-corrected chi connectivity index (χ3v) is 3.73. The molecule has 0 aliphatic carbocycles. The first-order valence-corrected chi connectivity index (χ1v) is 7.12. The number of para-hydroxylation sites is 1. The third-order valence-electron chi connectivity index (χ3n) is 2.72. The van der Waals surface area contributed by atoms with Crippen molar-refractivity contribution in [1.29, 1.82) is 0 Å². The number of thioether (sulfide) groups is 1. The maximum absolute atomic E-state index is 10.9. The van der Waals surface area contributed by atoms with Gasteiger partial charge >= 0.3 is 0 Å². The van der Waals surface area contributed by atoms with E-state index >= 15 is 0 Å². The molecule has 3 rings (SSSR count). The number of hydrogen-bond donors (Lipinski definition) is 1. The largest absolute Gasteiger partial charge is 0.315 e. The van der Waals surface area contributed by atoms with Crippen molar-refractivity contribution < 1.29 is 4.79 Å². The second kappa shape index (κ2) is 5.42. The summed E-state index contributed by atoms with van der Waals surface area (Å²) in [7, 11) is 0. The van der Waals surface area contributed by atoms with Crippen molar-refractivity contribution in [3.8, 4) is 11.5 Å². The number of rotatable bonds is 4. The Kier molecular flexibility index (Phi) is 3.47. The van der Waals surface area contributed by atoms with Crippen molar-refractivity contribution in [2.45, 2.75) is 12.1 Å². The monoisotopic (exact) mass is 284 g/mol. The molecule has 5 nitrogen and oxygen atoms in total. The molecule has 0 bridgehead atoms. The average molecular weight is 284 g/mol. The Morgan fingerprint density at radius 1 is 1.20 bits per heavy atom. The Bertz CT molecular complexity index is 768. The van der Waals surface area contributed by atoms with Crippen LogP contribution < -0.4 is 0 Å². The zero-order valence-electron chi connectivity index (χ0n) is 10.8. The van der Waals surface area contributed by atoms with E-state index in [0.29, 0.717) is 16.7 Å². The van der Waals surface area contributed by atoms with Gasteiger partial charge in [0.1, 0.15) is 11.5 Å². The number of nitrogens with zero attached hydrogens (tertiary/aromatic N) is 3. The summed E-state index contributed by atoms with van der Waals surface area (Å²) in [6, 6.07) is 11.8. The lowest BCUT2D eigenvalue weighted by Gasteiger charge is -1.99. The van der Waals surface area contributed by atoms with Crippen LogP contribution in [0.15, 0.2) is 41.6 Å². The zero-order chi connectivity index (χ0) is 13.9. The van der Waals surface area contributed by atoms with Gasteiger partial charge in [-0.1, -0.05) is 36.0 Å². The minimum atomic E-state index is 0.108. The molecule has 0 saturated heterocycles. The van der Waals surface area contributed by atoms with Gasteiger partial charge in [0, 0.05) is 5.39 Å². The summed E-state index contributed by atoms with van der Waals surface area (Å²) in [5, 5.41) is 9.80. The van der Waals surface area contributed by atoms with E-state index in [-0.39, 0.29) is 5.78 Å². The van der Waals surface area contributed by atoms with Gasteiger partial charge < -0.3 is 4.98 Å². The molecule has 100 valence electrons. The third kappa shape index (κ3) is 2.70. The van der Waals surface area contributed by atoms with Crippen molar-refractivity contribution in [3.63, 3.8) is 0 Å². The van der Waals surface area contributed by atoms with E-state index in [4.69, 9.17) is 0 Å². The number of nitrogens with one attached hydrogen (secondary N) is 1. The fourth-order valence-corrected chi connectivity index (χ4v) is 2.40. The topological polar surface area (TPSA) is 71.5 Å². The molecular formula is C14H12N4OS. The fraction of sp³-hybridized carbons (Fsp3) is 0.143. The Morgan fingerprint density at radius 3 is 2.90 bits per heavy atom. The first-order chi connectivity index (χ1) is 9.72. The molecule has 0 radical (unpaired) electrons. The van der Waals surface area contributed by atoms with Crippen molar-refractivity contribution in [3.05, 3.63) is 36.4 Å². The smallest absolute Gasteiger partial charge is 0.189 e. The lowest BCUT2D eigenvalue weighted by molar-refractivity contribution is -0.114. The number of aromatic amines is 1. The number of benzene rings is 1. The van der Waals surface area contributed by atoms with Gasteiger partial charge in [-0.3, -0.25) is 4.79 Å². The Labute approximate surface area is 119 Å². The predicted molar refractivity (Wildman–Crippen MR) is 78.5 cm³/mol. The van der Waals surface area contributed by atoms with E-state index < -0.39 is 0 Å². The molecule has 0 aliphatic heterocycles. The summed E-state index contributed by atoms with van der Waals surface area (Å²) in [6.45, 7) is 1.55. The van der Waals surface area contributed by atoms with Crippen LogP contribution in [0.2, 0.25) is 0 Å². The van der Waals surface area contributed by atoms with Crippen molar-refractivity contribution in [2.24, 2.45) is 0 Å². The summed E-state index contributed by atoms with van der Waals surface area (Å²) in [4.78, 5) is 18.6. The molecule has 6 heteroatoms. The highest BCUT2D eigenvalue weighted by atomic mass is 32.2. The summed E-state index contributed by atoms with van der Waals surface area (Å²) >= 11 is 1.34. The van der Waals surface area contributed by atoms with Gasteiger partial charge in [-0.2, -0.15) is 0 Å². The molecule has 2 heterocycles.